The van der Waals surface area contributed by atoms with Gasteiger partial charge in [0.15, 0.2) is 0 Å². The molecule has 0 radical (unpaired) electrons. The SMILES string of the molecule is OC1(COCl)OC1(O)c1ccccc1. The number of aliphatic hydroxyl groups is 2. The van der Waals surface area contributed by atoms with E-state index in [2.05, 4.69) is 4.29 Å². The molecule has 1 aromatic carbocycles. The molecule has 0 aromatic heterocycles. The predicted molar refractivity (Wildman–Crippen MR) is 48.2 cm³/mol. The van der Waals surface area contributed by atoms with Gasteiger partial charge >= 0.3 is 0 Å². The van der Waals surface area contributed by atoms with Crippen LogP contribution in [0.4, 0.5) is 0 Å². The van der Waals surface area contributed by atoms with E-state index in [4.69, 9.17) is 16.6 Å². The average molecular weight is 217 g/mol. The average Bonchev–Trinajstić information content (AvgIpc) is 2.73. The summed E-state index contributed by atoms with van der Waals surface area (Å²) in [4.78, 5) is 0. The van der Waals surface area contributed by atoms with Crippen molar-refractivity contribution in [3.8, 4) is 0 Å². The highest BCUT2D eigenvalue weighted by Gasteiger charge is 2.71. The summed E-state index contributed by atoms with van der Waals surface area (Å²) in [7, 11) is 0. The number of ether oxygens (including phenoxy) is 1. The fourth-order valence-corrected chi connectivity index (χ4v) is 1.52. The van der Waals surface area contributed by atoms with Crippen molar-refractivity contribution in [1.82, 2.24) is 0 Å². The standard InChI is InChI=1S/C9H9ClO4/c10-13-6-8(11)9(12,14-8)7-4-2-1-3-5-7/h1-5,11-12H,6H2. The van der Waals surface area contributed by atoms with Crippen molar-refractivity contribution in [2.75, 3.05) is 6.61 Å². The second-order valence-electron chi connectivity index (χ2n) is 3.15. The van der Waals surface area contributed by atoms with Crippen LogP contribution in [0.3, 0.4) is 0 Å². The molecule has 1 saturated heterocycles. The van der Waals surface area contributed by atoms with Crippen LogP contribution in [0.25, 0.3) is 0 Å². The van der Waals surface area contributed by atoms with Gasteiger partial charge in [-0.3, -0.25) is 4.29 Å². The zero-order chi connectivity index (χ0) is 10.2. The Bertz CT molecular complexity index is 331. The highest BCUT2D eigenvalue weighted by atomic mass is 35.5. The van der Waals surface area contributed by atoms with Crippen LogP contribution in [-0.4, -0.2) is 22.6 Å². The van der Waals surface area contributed by atoms with E-state index >= 15 is 0 Å². The van der Waals surface area contributed by atoms with Gasteiger partial charge in [0.1, 0.15) is 6.61 Å². The normalized spacial score (nSPS) is 35.6. The van der Waals surface area contributed by atoms with Gasteiger partial charge in [-0.15, -0.1) is 0 Å². The molecular formula is C9H9ClO4. The number of halogens is 1. The highest BCUT2D eigenvalue weighted by molar-refractivity contribution is 6.07. The van der Waals surface area contributed by atoms with E-state index in [1.54, 1.807) is 30.3 Å². The van der Waals surface area contributed by atoms with Crippen LogP contribution in [-0.2, 0) is 14.8 Å². The number of rotatable bonds is 3. The van der Waals surface area contributed by atoms with Crippen molar-refractivity contribution in [2.24, 2.45) is 0 Å². The lowest BCUT2D eigenvalue weighted by atomic mass is 10.1. The summed E-state index contributed by atoms with van der Waals surface area (Å²) < 4.78 is 9.04. The molecule has 2 unspecified atom stereocenters. The van der Waals surface area contributed by atoms with Crippen molar-refractivity contribution in [3.63, 3.8) is 0 Å². The summed E-state index contributed by atoms with van der Waals surface area (Å²) in [6.07, 6.45) is 0. The van der Waals surface area contributed by atoms with Crippen molar-refractivity contribution < 1.29 is 19.2 Å². The smallest absolute Gasteiger partial charge is 0.254 e. The maximum atomic E-state index is 9.84. The van der Waals surface area contributed by atoms with Gasteiger partial charge in [-0.25, -0.2) is 0 Å². The highest BCUT2D eigenvalue weighted by Crippen LogP contribution is 2.51. The van der Waals surface area contributed by atoms with Crippen LogP contribution in [0.5, 0.6) is 0 Å². The van der Waals surface area contributed by atoms with E-state index in [-0.39, 0.29) is 6.61 Å². The number of benzene rings is 1. The van der Waals surface area contributed by atoms with Gasteiger partial charge in [0.2, 0.25) is 0 Å². The molecule has 1 heterocycles. The van der Waals surface area contributed by atoms with Crippen LogP contribution >= 0.6 is 11.9 Å². The minimum atomic E-state index is -1.74. The Morgan fingerprint density at radius 3 is 2.50 bits per heavy atom. The first-order valence-corrected chi connectivity index (χ1v) is 4.37. The quantitative estimate of drug-likeness (QED) is 0.731. The van der Waals surface area contributed by atoms with Crippen LogP contribution < -0.4 is 0 Å². The van der Waals surface area contributed by atoms with Crippen molar-refractivity contribution in [2.45, 2.75) is 11.6 Å². The predicted octanol–water partition coefficient (Wildman–Crippen LogP) is 0.721. The Kier molecular flexibility index (Phi) is 2.25. The molecule has 0 amide bonds. The maximum Gasteiger partial charge on any atom is 0.254 e. The third kappa shape index (κ3) is 1.32. The molecule has 1 fully saturated rings. The molecule has 2 N–H and O–H groups in total. The molecule has 1 aliphatic heterocycles. The summed E-state index contributed by atoms with van der Waals surface area (Å²) >= 11 is 4.99. The van der Waals surface area contributed by atoms with Crippen LogP contribution in [0, 0.1) is 0 Å². The van der Waals surface area contributed by atoms with Gasteiger partial charge in [0, 0.05) is 5.56 Å². The largest absolute Gasteiger partial charge is 0.359 e. The lowest BCUT2D eigenvalue weighted by molar-refractivity contribution is -0.0132. The Morgan fingerprint density at radius 2 is 1.93 bits per heavy atom. The second-order valence-corrected chi connectivity index (χ2v) is 3.37. The fraction of sp³-hybridized carbons (Fsp3) is 0.333. The molecular weight excluding hydrogens is 208 g/mol. The first-order chi connectivity index (χ1) is 6.62. The Hall–Kier alpha value is -0.650. The molecule has 5 heteroatoms. The van der Waals surface area contributed by atoms with Gasteiger partial charge in [-0.2, -0.15) is 0 Å². The summed E-state index contributed by atoms with van der Waals surface area (Å²) in [6.45, 7) is -0.292. The van der Waals surface area contributed by atoms with E-state index in [0.29, 0.717) is 5.56 Å². The maximum absolute atomic E-state index is 9.84. The minimum absolute atomic E-state index is 0.292. The zero-order valence-corrected chi connectivity index (χ0v) is 7.94. The topological polar surface area (TPSA) is 62.2 Å². The van der Waals surface area contributed by atoms with Gasteiger partial charge in [0.05, 0.1) is 11.9 Å². The first-order valence-electron chi connectivity index (χ1n) is 4.06. The van der Waals surface area contributed by atoms with Gasteiger partial charge < -0.3 is 14.9 Å². The van der Waals surface area contributed by atoms with Crippen molar-refractivity contribution in [1.29, 1.82) is 0 Å². The number of hydrogen-bond donors (Lipinski definition) is 2. The monoisotopic (exact) mass is 216 g/mol. The first kappa shape index (κ1) is 9.89. The van der Waals surface area contributed by atoms with Crippen LogP contribution in [0.15, 0.2) is 30.3 Å². The molecule has 2 atom stereocenters. The molecule has 4 nitrogen and oxygen atoms in total. The molecule has 1 aliphatic rings. The summed E-state index contributed by atoms with van der Waals surface area (Å²) in [6, 6.07) is 8.55. The van der Waals surface area contributed by atoms with Crippen LogP contribution in [0.1, 0.15) is 5.56 Å². The van der Waals surface area contributed by atoms with Gasteiger partial charge in [-0.1, -0.05) is 30.3 Å². The Balaban J connectivity index is 2.22. The molecule has 14 heavy (non-hydrogen) atoms. The van der Waals surface area contributed by atoms with E-state index < -0.39 is 11.6 Å². The minimum Gasteiger partial charge on any atom is -0.359 e. The number of hydrogen-bond acceptors (Lipinski definition) is 4. The van der Waals surface area contributed by atoms with E-state index in [9.17, 15) is 10.2 Å². The Labute approximate surface area is 85.8 Å². The van der Waals surface area contributed by atoms with Crippen LogP contribution in [0.2, 0.25) is 0 Å². The molecule has 0 spiro atoms. The van der Waals surface area contributed by atoms with E-state index in [1.807, 2.05) is 0 Å². The molecule has 0 saturated carbocycles. The van der Waals surface area contributed by atoms with Crippen molar-refractivity contribution in [3.05, 3.63) is 35.9 Å². The lowest BCUT2D eigenvalue weighted by Crippen LogP contribution is -2.27. The zero-order valence-electron chi connectivity index (χ0n) is 7.18. The van der Waals surface area contributed by atoms with E-state index in [0.717, 1.165) is 0 Å². The fourth-order valence-electron chi connectivity index (χ4n) is 1.37. The Morgan fingerprint density at radius 1 is 1.29 bits per heavy atom. The van der Waals surface area contributed by atoms with Crippen molar-refractivity contribution >= 4 is 11.9 Å². The summed E-state index contributed by atoms with van der Waals surface area (Å²) in [5, 5.41) is 19.5. The van der Waals surface area contributed by atoms with E-state index in [1.165, 1.54) is 0 Å². The van der Waals surface area contributed by atoms with Gasteiger partial charge in [-0.05, 0) is 0 Å². The molecule has 76 valence electrons. The molecule has 0 aliphatic carbocycles. The van der Waals surface area contributed by atoms with Gasteiger partial charge in [0.25, 0.3) is 11.6 Å². The summed E-state index contributed by atoms with van der Waals surface area (Å²) in [5.74, 6) is -3.45. The third-order valence-electron chi connectivity index (χ3n) is 2.22. The molecule has 0 bridgehead atoms. The lowest BCUT2D eigenvalue weighted by Gasteiger charge is -2.08. The second kappa shape index (κ2) is 3.18. The summed E-state index contributed by atoms with van der Waals surface area (Å²) in [5.41, 5.74) is 0.469. The third-order valence-corrected chi connectivity index (χ3v) is 2.33. The molecule has 2 rings (SSSR count). The number of epoxide rings is 1. The molecule has 1 aromatic rings.